The number of carbonyl (C=O) groups is 2. The van der Waals surface area contributed by atoms with Gasteiger partial charge in [0.1, 0.15) is 6.10 Å². The second-order valence-electron chi connectivity index (χ2n) is 4.91. The van der Waals surface area contributed by atoms with Gasteiger partial charge in [-0.15, -0.1) is 0 Å². The number of rotatable bonds is 1. The van der Waals surface area contributed by atoms with Crippen LogP contribution in [-0.2, 0) is 9.53 Å². The van der Waals surface area contributed by atoms with Crippen molar-refractivity contribution in [3.8, 4) is 0 Å². The summed E-state index contributed by atoms with van der Waals surface area (Å²) < 4.78 is 5.12. The summed E-state index contributed by atoms with van der Waals surface area (Å²) in [7, 11) is 0. The molecule has 0 aromatic heterocycles. The van der Waals surface area contributed by atoms with Crippen LogP contribution in [0.1, 0.15) is 32.6 Å². The van der Waals surface area contributed by atoms with Gasteiger partial charge in [-0.2, -0.15) is 0 Å². The van der Waals surface area contributed by atoms with Crippen molar-refractivity contribution < 1.29 is 19.4 Å². The fourth-order valence-corrected chi connectivity index (χ4v) is 2.80. The summed E-state index contributed by atoms with van der Waals surface area (Å²) in [5.74, 6) is -0.220. The lowest BCUT2D eigenvalue weighted by Gasteiger charge is -2.50. The Bertz CT molecular complexity index is 292. The summed E-state index contributed by atoms with van der Waals surface area (Å²) in [6.45, 7) is 2.66. The summed E-state index contributed by atoms with van der Waals surface area (Å²) in [5, 5.41) is 8.83. The van der Waals surface area contributed by atoms with Crippen LogP contribution in [0.5, 0.6) is 0 Å². The summed E-state index contributed by atoms with van der Waals surface area (Å²) in [6.07, 6.45) is 2.84. The lowest BCUT2D eigenvalue weighted by atomic mass is 9.61. The first kappa shape index (κ1) is 11.2. The molecule has 1 heterocycles. The van der Waals surface area contributed by atoms with Crippen LogP contribution >= 0.6 is 0 Å². The van der Waals surface area contributed by atoms with Gasteiger partial charge in [-0.1, -0.05) is 0 Å². The first-order chi connectivity index (χ1) is 7.51. The minimum atomic E-state index is -0.828. The number of carboxylic acid groups (broad SMARTS) is 1. The molecule has 5 heteroatoms. The number of hydrogen-bond acceptors (Lipinski definition) is 3. The van der Waals surface area contributed by atoms with Gasteiger partial charge in [0.15, 0.2) is 0 Å². The molecule has 2 aliphatic rings. The number of hydrogen-bond donors (Lipinski definition) is 1. The summed E-state index contributed by atoms with van der Waals surface area (Å²) in [5.41, 5.74) is 0.242. The van der Waals surface area contributed by atoms with Crippen molar-refractivity contribution in [2.24, 2.45) is 5.41 Å². The van der Waals surface area contributed by atoms with Crippen LogP contribution in [0.2, 0.25) is 0 Å². The molecule has 90 valence electrons. The monoisotopic (exact) mass is 227 g/mol. The molecule has 0 aromatic carbocycles. The number of esters is 1. The maximum atomic E-state index is 10.8. The average Bonchev–Trinajstić information content (AvgIpc) is 2.15. The molecule has 0 radical (unpaired) electrons. The molecular weight excluding hydrogens is 210 g/mol. The predicted octanol–water partition coefficient (Wildman–Crippen LogP) is 1.47. The largest absolute Gasteiger partial charge is 0.465 e. The maximum absolute atomic E-state index is 10.8. The molecule has 16 heavy (non-hydrogen) atoms. The number of amides is 1. The average molecular weight is 227 g/mol. The Morgan fingerprint density at radius 1 is 1.31 bits per heavy atom. The molecule has 0 bridgehead atoms. The molecular formula is C11H17NO4. The number of piperidine rings is 1. The first-order valence-electron chi connectivity index (χ1n) is 5.66. The molecule has 2 fully saturated rings. The quantitative estimate of drug-likeness (QED) is 0.689. The van der Waals surface area contributed by atoms with E-state index in [9.17, 15) is 9.59 Å². The Morgan fingerprint density at radius 3 is 2.31 bits per heavy atom. The van der Waals surface area contributed by atoms with E-state index in [1.54, 1.807) is 0 Å². The lowest BCUT2D eigenvalue weighted by Crippen LogP contribution is -2.51. The fourth-order valence-electron chi connectivity index (χ4n) is 2.80. The molecule has 0 aromatic rings. The number of likely N-dealkylation sites (tertiary alicyclic amines) is 1. The SMILES string of the molecule is CC(=O)OC1CC2(CCN(C(=O)O)CC2)C1. The summed E-state index contributed by atoms with van der Waals surface area (Å²) >= 11 is 0. The fraction of sp³-hybridized carbons (Fsp3) is 0.818. The second kappa shape index (κ2) is 3.96. The molecule has 5 nitrogen and oxygen atoms in total. The van der Waals surface area contributed by atoms with Crippen LogP contribution in [0.25, 0.3) is 0 Å². The topological polar surface area (TPSA) is 66.8 Å². The Hall–Kier alpha value is -1.26. The van der Waals surface area contributed by atoms with Crippen LogP contribution in [0, 0.1) is 5.41 Å². The van der Waals surface area contributed by atoms with Gasteiger partial charge in [0.25, 0.3) is 0 Å². The van der Waals surface area contributed by atoms with Crippen LogP contribution in [0.3, 0.4) is 0 Å². The highest BCUT2D eigenvalue weighted by Gasteiger charge is 2.47. The standard InChI is InChI=1S/C11H17NO4/c1-8(13)16-9-6-11(7-9)2-4-12(5-3-11)10(14)15/h9H,2-7H2,1H3,(H,14,15). The zero-order chi connectivity index (χ0) is 11.8. The highest BCUT2D eigenvalue weighted by molar-refractivity contribution is 5.66. The van der Waals surface area contributed by atoms with Crippen LogP contribution < -0.4 is 0 Å². The van der Waals surface area contributed by atoms with Crippen molar-refractivity contribution in [1.82, 2.24) is 4.90 Å². The van der Waals surface area contributed by atoms with Gasteiger partial charge < -0.3 is 14.7 Å². The van der Waals surface area contributed by atoms with E-state index in [2.05, 4.69) is 0 Å². The van der Waals surface area contributed by atoms with E-state index in [0.717, 1.165) is 25.7 Å². The van der Waals surface area contributed by atoms with Gasteiger partial charge in [-0.05, 0) is 31.1 Å². The van der Waals surface area contributed by atoms with Crippen LogP contribution in [0.15, 0.2) is 0 Å². The molecule has 1 amide bonds. The minimum Gasteiger partial charge on any atom is -0.465 e. The Kier molecular flexibility index (Phi) is 2.78. The Labute approximate surface area is 94.4 Å². The van der Waals surface area contributed by atoms with E-state index >= 15 is 0 Å². The molecule has 0 unspecified atom stereocenters. The van der Waals surface area contributed by atoms with Gasteiger partial charge in [0.2, 0.25) is 0 Å². The highest BCUT2D eigenvalue weighted by atomic mass is 16.5. The summed E-state index contributed by atoms with van der Waals surface area (Å²) in [6, 6.07) is 0. The zero-order valence-electron chi connectivity index (χ0n) is 9.44. The van der Waals surface area contributed by atoms with E-state index in [1.165, 1.54) is 11.8 Å². The van der Waals surface area contributed by atoms with E-state index < -0.39 is 6.09 Å². The first-order valence-corrected chi connectivity index (χ1v) is 5.66. The smallest absolute Gasteiger partial charge is 0.407 e. The van der Waals surface area contributed by atoms with E-state index in [-0.39, 0.29) is 17.5 Å². The van der Waals surface area contributed by atoms with Gasteiger partial charge >= 0.3 is 12.1 Å². The minimum absolute atomic E-state index is 0.0638. The second-order valence-corrected chi connectivity index (χ2v) is 4.91. The third-order valence-corrected chi connectivity index (χ3v) is 3.75. The summed E-state index contributed by atoms with van der Waals surface area (Å²) in [4.78, 5) is 23.0. The van der Waals surface area contributed by atoms with Crippen molar-refractivity contribution >= 4 is 12.1 Å². The third-order valence-electron chi connectivity index (χ3n) is 3.75. The predicted molar refractivity (Wildman–Crippen MR) is 56.1 cm³/mol. The Balaban J connectivity index is 1.78. The molecule has 1 aliphatic heterocycles. The van der Waals surface area contributed by atoms with Crippen molar-refractivity contribution in [1.29, 1.82) is 0 Å². The molecule has 2 rings (SSSR count). The molecule has 1 saturated carbocycles. The molecule has 1 spiro atoms. The van der Waals surface area contributed by atoms with Crippen molar-refractivity contribution in [2.75, 3.05) is 13.1 Å². The van der Waals surface area contributed by atoms with Gasteiger partial charge in [-0.25, -0.2) is 4.79 Å². The number of ether oxygens (including phenoxy) is 1. The van der Waals surface area contributed by atoms with Gasteiger partial charge in [-0.3, -0.25) is 4.79 Å². The zero-order valence-corrected chi connectivity index (χ0v) is 9.44. The molecule has 1 aliphatic carbocycles. The third kappa shape index (κ3) is 2.13. The van der Waals surface area contributed by atoms with Gasteiger partial charge in [0, 0.05) is 20.0 Å². The van der Waals surface area contributed by atoms with E-state index in [1.807, 2.05) is 0 Å². The molecule has 0 atom stereocenters. The van der Waals surface area contributed by atoms with Crippen molar-refractivity contribution in [3.05, 3.63) is 0 Å². The van der Waals surface area contributed by atoms with E-state index in [4.69, 9.17) is 9.84 Å². The van der Waals surface area contributed by atoms with Crippen LogP contribution in [-0.4, -0.2) is 41.3 Å². The Morgan fingerprint density at radius 2 is 1.88 bits per heavy atom. The van der Waals surface area contributed by atoms with Gasteiger partial charge in [0.05, 0.1) is 0 Å². The number of carbonyl (C=O) groups excluding carboxylic acids is 1. The highest BCUT2D eigenvalue weighted by Crippen LogP contribution is 2.50. The van der Waals surface area contributed by atoms with Crippen molar-refractivity contribution in [2.45, 2.75) is 38.7 Å². The number of nitrogens with zero attached hydrogens (tertiary/aromatic N) is 1. The van der Waals surface area contributed by atoms with Crippen molar-refractivity contribution in [3.63, 3.8) is 0 Å². The lowest BCUT2D eigenvalue weighted by molar-refractivity contribution is -0.161. The normalized spacial score (nSPS) is 23.9. The molecule has 1 saturated heterocycles. The van der Waals surface area contributed by atoms with Crippen LogP contribution in [0.4, 0.5) is 4.79 Å². The molecule has 1 N–H and O–H groups in total. The van der Waals surface area contributed by atoms with E-state index in [0.29, 0.717) is 13.1 Å². The maximum Gasteiger partial charge on any atom is 0.407 e.